The van der Waals surface area contributed by atoms with Crippen LogP contribution < -0.4 is 10.1 Å². The number of likely N-dealkylation sites (tertiary alicyclic amines) is 1. The van der Waals surface area contributed by atoms with Crippen LogP contribution in [0.1, 0.15) is 43.7 Å². The normalized spacial score (nSPS) is 25.6. The van der Waals surface area contributed by atoms with Crippen molar-refractivity contribution in [1.82, 2.24) is 4.90 Å². The second-order valence-electron chi connectivity index (χ2n) is 8.75. The van der Waals surface area contributed by atoms with E-state index in [2.05, 4.69) is 10.2 Å². The van der Waals surface area contributed by atoms with Gasteiger partial charge in [-0.25, -0.2) is 0 Å². The number of ether oxygens (including phenoxy) is 1. The molecule has 2 aromatic carbocycles. The predicted molar refractivity (Wildman–Crippen MR) is 121 cm³/mol. The lowest BCUT2D eigenvalue weighted by Gasteiger charge is -2.52. The molecule has 170 valence electrons. The van der Waals surface area contributed by atoms with E-state index in [9.17, 15) is 20.0 Å². The summed E-state index contributed by atoms with van der Waals surface area (Å²) in [7, 11) is 1.63. The molecule has 2 aliphatic rings. The topological polar surface area (TPSA) is 105 Å². The number of carbonyl (C=O) groups excluding carboxylic acids is 1. The molecule has 4 rings (SSSR count). The Kier molecular flexibility index (Phi) is 6.43. The van der Waals surface area contributed by atoms with E-state index in [4.69, 9.17) is 4.74 Å². The molecular formula is C24H29N3O5. The molecule has 1 saturated heterocycles. The Morgan fingerprint density at radius 2 is 1.91 bits per heavy atom. The summed E-state index contributed by atoms with van der Waals surface area (Å²) in [5, 5.41) is 25.0. The number of nitro benzene ring substituents is 1. The average molecular weight is 440 g/mol. The maximum absolute atomic E-state index is 12.8. The number of anilines is 1. The van der Waals surface area contributed by atoms with Gasteiger partial charge in [-0.15, -0.1) is 0 Å². The maximum atomic E-state index is 12.8. The van der Waals surface area contributed by atoms with E-state index in [1.54, 1.807) is 7.11 Å². The van der Waals surface area contributed by atoms with E-state index < -0.39 is 10.5 Å². The third-order valence-corrected chi connectivity index (χ3v) is 6.84. The zero-order valence-electron chi connectivity index (χ0n) is 18.2. The highest BCUT2D eigenvalue weighted by Crippen LogP contribution is 2.49. The van der Waals surface area contributed by atoms with Crippen LogP contribution >= 0.6 is 0 Å². The van der Waals surface area contributed by atoms with Crippen LogP contribution in [0.3, 0.4) is 0 Å². The second kappa shape index (κ2) is 9.26. The molecule has 3 atom stereocenters. The molecule has 0 radical (unpaired) electrons. The lowest BCUT2D eigenvalue weighted by atomic mass is 9.66. The minimum absolute atomic E-state index is 0.0183. The van der Waals surface area contributed by atoms with Gasteiger partial charge in [0.05, 0.1) is 24.2 Å². The lowest BCUT2D eigenvalue weighted by Crippen LogP contribution is -2.56. The van der Waals surface area contributed by atoms with Gasteiger partial charge in [-0.3, -0.25) is 19.8 Å². The molecular weight excluding hydrogens is 410 g/mol. The minimum Gasteiger partial charge on any atom is -0.497 e. The van der Waals surface area contributed by atoms with Crippen molar-refractivity contribution in [3.8, 4) is 5.75 Å². The zero-order chi connectivity index (χ0) is 22.7. The summed E-state index contributed by atoms with van der Waals surface area (Å²) in [6, 6.07) is 13.6. The fourth-order valence-electron chi connectivity index (χ4n) is 5.22. The standard InChI is InChI=1S/C24H29N3O5/c1-32-20-11-5-17(6-12-20)23-21-4-2-3-13-24(21,29)14-15-26(23)16-22(28)25-18-7-9-19(10-8-18)27(30)31/h5-12,21,23,29H,2-4,13-16H2,1H3,(H,25,28). The van der Waals surface area contributed by atoms with E-state index in [0.717, 1.165) is 37.0 Å². The van der Waals surface area contributed by atoms with Crippen molar-refractivity contribution < 1.29 is 19.6 Å². The Morgan fingerprint density at radius 1 is 1.19 bits per heavy atom. The number of nitrogens with zero attached hydrogens (tertiary/aromatic N) is 2. The van der Waals surface area contributed by atoms with Crippen LogP contribution in [-0.2, 0) is 4.79 Å². The molecule has 0 spiro atoms. The largest absolute Gasteiger partial charge is 0.497 e. The van der Waals surface area contributed by atoms with Gasteiger partial charge in [0.25, 0.3) is 5.69 Å². The van der Waals surface area contributed by atoms with Crippen molar-refractivity contribution in [3.63, 3.8) is 0 Å². The molecule has 8 nitrogen and oxygen atoms in total. The van der Waals surface area contributed by atoms with Crippen LogP contribution in [0.25, 0.3) is 0 Å². The Bertz CT molecular complexity index is 963. The predicted octanol–water partition coefficient (Wildman–Crippen LogP) is 3.91. The number of nitrogens with one attached hydrogen (secondary N) is 1. The first-order valence-corrected chi connectivity index (χ1v) is 11.0. The minimum atomic E-state index is -0.700. The molecule has 32 heavy (non-hydrogen) atoms. The fraction of sp³-hybridized carbons (Fsp3) is 0.458. The van der Waals surface area contributed by atoms with E-state index in [-0.39, 0.29) is 30.1 Å². The number of methoxy groups -OCH3 is 1. The summed E-state index contributed by atoms with van der Waals surface area (Å²) >= 11 is 0. The van der Waals surface area contributed by atoms with Gasteiger partial charge in [-0.05, 0) is 49.1 Å². The second-order valence-corrected chi connectivity index (χ2v) is 8.75. The first-order valence-electron chi connectivity index (χ1n) is 11.0. The molecule has 0 bridgehead atoms. The number of carbonyl (C=O) groups is 1. The van der Waals surface area contributed by atoms with Crippen molar-refractivity contribution in [2.75, 3.05) is 25.5 Å². The fourth-order valence-corrected chi connectivity index (χ4v) is 5.22. The molecule has 2 fully saturated rings. The molecule has 2 N–H and O–H groups in total. The van der Waals surface area contributed by atoms with E-state index >= 15 is 0 Å². The quantitative estimate of drug-likeness (QED) is 0.522. The van der Waals surface area contributed by atoms with Crippen LogP contribution in [0.2, 0.25) is 0 Å². The number of nitro groups is 1. The highest BCUT2D eigenvalue weighted by molar-refractivity contribution is 5.92. The van der Waals surface area contributed by atoms with Gasteiger partial charge in [0.2, 0.25) is 5.91 Å². The highest BCUT2D eigenvalue weighted by Gasteiger charge is 2.49. The SMILES string of the molecule is COc1ccc(C2C3CCCCC3(O)CCN2CC(=O)Nc2ccc([N+](=O)[O-])cc2)cc1. The van der Waals surface area contributed by atoms with Gasteiger partial charge in [0.15, 0.2) is 0 Å². The summed E-state index contributed by atoms with van der Waals surface area (Å²) in [6.45, 7) is 0.803. The summed E-state index contributed by atoms with van der Waals surface area (Å²) in [5.41, 5.74) is 0.871. The van der Waals surface area contributed by atoms with Gasteiger partial charge < -0.3 is 15.2 Å². The van der Waals surface area contributed by atoms with E-state index in [0.29, 0.717) is 18.7 Å². The molecule has 1 saturated carbocycles. The molecule has 0 aromatic heterocycles. The number of rotatable bonds is 6. The van der Waals surface area contributed by atoms with Crippen LogP contribution in [-0.4, -0.2) is 46.6 Å². The molecule has 8 heteroatoms. The molecule has 1 amide bonds. The van der Waals surface area contributed by atoms with Gasteiger partial charge >= 0.3 is 0 Å². The number of hydrogen-bond donors (Lipinski definition) is 2. The Labute approximate surface area is 187 Å². The van der Waals surface area contributed by atoms with Gasteiger partial charge in [-0.1, -0.05) is 25.0 Å². The Balaban J connectivity index is 1.53. The summed E-state index contributed by atoms with van der Waals surface area (Å²) in [5.74, 6) is 0.648. The average Bonchev–Trinajstić information content (AvgIpc) is 2.79. The van der Waals surface area contributed by atoms with Crippen molar-refractivity contribution in [1.29, 1.82) is 0 Å². The maximum Gasteiger partial charge on any atom is 0.269 e. The number of non-ortho nitro benzene ring substituents is 1. The van der Waals surface area contributed by atoms with Gasteiger partial charge in [0.1, 0.15) is 5.75 Å². The lowest BCUT2D eigenvalue weighted by molar-refractivity contribution is -0.384. The monoisotopic (exact) mass is 439 g/mol. The van der Waals surface area contributed by atoms with E-state index in [1.165, 1.54) is 24.3 Å². The number of amides is 1. The summed E-state index contributed by atoms with van der Waals surface area (Å²) < 4.78 is 5.29. The third-order valence-electron chi connectivity index (χ3n) is 6.84. The number of fused-ring (bicyclic) bond motifs is 1. The Morgan fingerprint density at radius 3 is 2.56 bits per heavy atom. The third kappa shape index (κ3) is 4.61. The van der Waals surface area contributed by atoms with Crippen molar-refractivity contribution >= 4 is 17.3 Å². The molecule has 2 aromatic rings. The number of hydrogen-bond acceptors (Lipinski definition) is 6. The van der Waals surface area contributed by atoms with Gasteiger partial charge in [-0.2, -0.15) is 0 Å². The molecule has 3 unspecified atom stereocenters. The molecule has 1 aliphatic carbocycles. The van der Waals surface area contributed by atoms with Crippen molar-refractivity contribution in [2.45, 2.75) is 43.7 Å². The van der Waals surface area contributed by atoms with Crippen LogP contribution in [0.5, 0.6) is 5.75 Å². The Hall–Kier alpha value is -2.97. The van der Waals surface area contributed by atoms with Crippen LogP contribution in [0.4, 0.5) is 11.4 Å². The van der Waals surface area contributed by atoms with E-state index in [1.807, 2.05) is 24.3 Å². The summed E-state index contributed by atoms with van der Waals surface area (Å²) in [6.07, 6.45) is 4.47. The smallest absolute Gasteiger partial charge is 0.269 e. The first kappa shape index (κ1) is 22.2. The van der Waals surface area contributed by atoms with Crippen LogP contribution in [0.15, 0.2) is 48.5 Å². The highest BCUT2D eigenvalue weighted by atomic mass is 16.6. The van der Waals surface area contributed by atoms with Crippen molar-refractivity contribution in [3.05, 3.63) is 64.2 Å². The first-order chi connectivity index (χ1) is 15.4. The summed E-state index contributed by atoms with van der Waals surface area (Å²) in [4.78, 5) is 25.4. The molecule has 1 heterocycles. The van der Waals surface area contributed by atoms with Crippen LogP contribution in [0, 0.1) is 16.0 Å². The number of benzene rings is 2. The molecule has 1 aliphatic heterocycles. The van der Waals surface area contributed by atoms with Crippen molar-refractivity contribution in [2.24, 2.45) is 5.92 Å². The number of piperidine rings is 1. The van der Waals surface area contributed by atoms with Gasteiger partial charge in [0, 0.05) is 36.3 Å². The zero-order valence-corrected chi connectivity index (χ0v) is 18.2. The number of aliphatic hydroxyl groups is 1.